The predicted molar refractivity (Wildman–Crippen MR) is 58.5 cm³/mol. The van der Waals surface area contributed by atoms with Gasteiger partial charge in [-0.3, -0.25) is 0 Å². The summed E-state index contributed by atoms with van der Waals surface area (Å²) in [5.74, 6) is 0. The highest BCUT2D eigenvalue weighted by Gasteiger charge is 2.10. The predicted octanol–water partition coefficient (Wildman–Crippen LogP) is 0.723. The van der Waals surface area contributed by atoms with Crippen LogP contribution in [0.15, 0.2) is 30.3 Å². The maximum atomic E-state index is 9.54. The molecule has 3 N–H and O–H groups in total. The van der Waals surface area contributed by atoms with Gasteiger partial charge in [0.1, 0.15) is 0 Å². The highest BCUT2D eigenvalue weighted by atomic mass is 16.3. The second-order valence-corrected chi connectivity index (χ2v) is 3.75. The van der Waals surface area contributed by atoms with Crippen molar-refractivity contribution < 1.29 is 15.3 Å². The molecule has 0 radical (unpaired) electrons. The van der Waals surface area contributed by atoms with E-state index in [1.54, 1.807) is 0 Å². The van der Waals surface area contributed by atoms with Gasteiger partial charge >= 0.3 is 0 Å². The molecule has 0 amide bonds. The van der Waals surface area contributed by atoms with Crippen LogP contribution in [0.5, 0.6) is 0 Å². The van der Waals surface area contributed by atoms with Crippen molar-refractivity contribution >= 4 is 0 Å². The minimum absolute atomic E-state index is 0.239. The lowest BCUT2D eigenvalue weighted by Crippen LogP contribution is -2.21. The fraction of sp³-hybridized carbons (Fsp3) is 0.500. The fourth-order valence-corrected chi connectivity index (χ4v) is 1.48. The largest absolute Gasteiger partial charge is 0.394 e. The average Bonchev–Trinajstić information content (AvgIpc) is 2.27. The molecule has 1 aromatic rings. The van der Waals surface area contributed by atoms with Crippen LogP contribution in [0.2, 0.25) is 0 Å². The number of aryl methyl sites for hydroxylation is 1. The van der Waals surface area contributed by atoms with Gasteiger partial charge in [0.05, 0.1) is 18.8 Å². The number of benzene rings is 1. The van der Waals surface area contributed by atoms with Crippen molar-refractivity contribution in [2.45, 2.75) is 31.5 Å². The fourth-order valence-electron chi connectivity index (χ4n) is 1.48. The van der Waals surface area contributed by atoms with E-state index >= 15 is 0 Å². The summed E-state index contributed by atoms with van der Waals surface area (Å²) in [6.07, 6.45) is 0.285. The van der Waals surface area contributed by atoms with Crippen molar-refractivity contribution in [3.05, 3.63) is 35.9 Å². The van der Waals surface area contributed by atoms with E-state index in [9.17, 15) is 5.11 Å². The normalized spacial score (nSPS) is 14.9. The van der Waals surface area contributed by atoms with Gasteiger partial charge in [0, 0.05) is 6.42 Å². The third-order valence-electron chi connectivity index (χ3n) is 2.36. The Bertz CT molecular complexity index is 261. The maximum absolute atomic E-state index is 9.54. The molecule has 2 unspecified atom stereocenters. The van der Waals surface area contributed by atoms with Crippen molar-refractivity contribution in [1.82, 2.24) is 0 Å². The third kappa shape index (κ3) is 4.93. The molecule has 0 spiro atoms. The van der Waals surface area contributed by atoms with Gasteiger partial charge in [-0.1, -0.05) is 30.3 Å². The molecule has 0 saturated carbocycles. The molecular weight excluding hydrogens is 192 g/mol. The first-order valence-corrected chi connectivity index (χ1v) is 5.23. The van der Waals surface area contributed by atoms with Crippen LogP contribution < -0.4 is 0 Å². The minimum atomic E-state index is -0.809. The zero-order valence-electron chi connectivity index (χ0n) is 8.71. The molecule has 0 heterocycles. The van der Waals surface area contributed by atoms with Crippen molar-refractivity contribution in [3.8, 4) is 0 Å². The summed E-state index contributed by atoms with van der Waals surface area (Å²) in [6.45, 7) is -0.289. The Morgan fingerprint density at radius 2 is 1.67 bits per heavy atom. The van der Waals surface area contributed by atoms with Crippen LogP contribution in [0.25, 0.3) is 0 Å². The Labute approximate surface area is 90.0 Å². The standard InChI is InChI=1S/C12H18O3/c13-9-12(15)8-11(14)7-6-10-4-2-1-3-5-10/h1-5,11-15H,6-9H2. The Balaban J connectivity index is 2.25. The van der Waals surface area contributed by atoms with Crippen LogP contribution >= 0.6 is 0 Å². The molecule has 0 bridgehead atoms. The van der Waals surface area contributed by atoms with Gasteiger partial charge < -0.3 is 15.3 Å². The van der Waals surface area contributed by atoms with Gasteiger partial charge in [0.25, 0.3) is 0 Å². The number of hydrogen-bond donors (Lipinski definition) is 3. The van der Waals surface area contributed by atoms with Crippen LogP contribution in [0.1, 0.15) is 18.4 Å². The van der Waals surface area contributed by atoms with E-state index in [0.717, 1.165) is 6.42 Å². The minimum Gasteiger partial charge on any atom is -0.394 e. The van der Waals surface area contributed by atoms with E-state index in [4.69, 9.17) is 10.2 Å². The van der Waals surface area contributed by atoms with Gasteiger partial charge in [-0.15, -0.1) is 0 Å². The first kappa shape index (κ1) is 12.2. The molecule has 84 valence electrons. The van der Waals surface area contributed by atoms with Crippen molar-refractivity contribution in [3.63, 3.8) is 0 Å². The lowest BCUT2D eigenvalue weighted by atomic mass is 10.0. The quantitative estimate of drug-likeness (QED) is 0.648. The highest BCUT2D eigenvalue weighted by Crippen LogP contribution is 2.08. The molecule has 15 heavy (non-hydrogen) atoms. The van der Waals surface area contributed by atoms with Crippen LogP contribution in [-0.4, -0.2) is 34.1 Å². The van der Waals surface area contributed by atoms with E-state index in [1.165, 1.54) is 5.56 Å². The second-order valence-electron chi connectivity index (χ2n) is 3.75. The summed E-state index contributed by atoms with van der Waals surface area (Å²) in [7, 11) is 0. The van der Waals surface area contributed by atoms with Gasteiger partial charge in [-0.25, -0.2) is 0 Å². The van der Waals surface area contributed by atoms with Gasteiger partial charge in [0.2, 0.25) is 0 Å². The molecule has 1 rings (SSSR count). The number of hydrogen-bond acceptors (Lipinski definition) is 3. The van der Waals surface area contributed by atoms with E-state index in [0.29, 0.717) is 6.42 Å². The smallest absolute Gasteiger partial charge is 0.0795 e. The summed E-state index contributed by atoms with van der Waals surface area (Å²) in [4.78, 5) is 0. The lowest BCUT2D eigenvalue weighted by molar-refractivity contribution is 0.0390. The van der Waals surface area contributed by atoms with E-state index in [2.05, 4.69) is 0 Å². The number of aliphatic hydroxyl groups excluding tert-OH is 3. The molecule has 3 nitrogen and oxygen atoms in total. The summed E-state index contributed by atoms with van der Waals surface area (Å²) < 4.78 is 0. The van der Waals surface area contributed by atoms with Crippen molar-refractivity contribution in [2.24, 2.45) is 0 Å². The van der Waals surface area contributed by atoms with Crippen LogP contribution in [-0.2, 0) is 6.42 Å². The Hall–Kier alpha value is -0.900. The highest BCUT2D eigenvalue weighted by molar-refractivity contribution is 5.14. The molecule has 0 aliphatic carbocycles. The number of rotatable bonds is 6. The topological polar surface area (TPSA) is 60.7 Å². The molecule has 3 heteroatoms. The number of aliphatic hydroxyl groups is 3. The lowest BCUT2D eigenvalue weighted by Gasteiger charge is -2.13. The van der Waals surface area contributed by atoms with Crippen LogP contribution in [0.3, 0.4) is 0 Å². The van der Waals surface area contributed by atoms with Crippen molar-refractivity contribution in [1.29, 1.82) is 0 Å². The van der Waals surface area contributed by atoms with E-state index < -0.39 is 12.2 Å². The Kier molecular flexibility index (Phi) is 5.32. The van der Waals surface area contributed by atoms with Gasteiger partial charge in [0.15, 0.2) is 0 Å². The van der Waals surface area contributed by atoms with Crippen LogP contribution in [0.4, 0.5) is 0 Å². The molecule has 2 atom stereocenters. The second kappa shape index (κ2) is 6.56. The van der Waals surface area contributed by atoms with Crippen LogP contribution in [0, 0.1) is 0 Å². The summed E-state index contributed by atoms with van der Waals surface area (Å²) in [5, 5.41) is 27.3. The van der Waals surface area contributed by atoms with E-state index in [1.807, 2.05) is 30.3 Å². The zero-order chi connectivity index (χ0) is 11.1. The summed E-state index contributed by atoms with van der Waals surface area (Å²) >= 11 is 0. The average molecular weight is 210 g/mol. The van der Waals surface area contributed by atoms with Gasteiger partial charge in [-0.2, -0.15) is 0 Å². The maximum Gasteiger partial charge on any atom is 0.0795 e. The van der Waals surface area contributed by atoms with E-state index in [-0.39, 0.29) is 13.0 Å². The Morgan fingerprint density at radius 3 is 2.27 bits per heavy atom. The molecule has 0 fully saturated rings. The first-order chi connectivity index (χ1) is 7.22. The first-order valence-electron chi connectivity index (χ1n) is 5.23. The molecule has 1 aromatic carbocycles. The summed E-state index contributed by atoms with van der Waals surface area (Å²) in [6, 6.07) is 9.90. The SMILES string of the molecule is OCC(O)CC(O)CCc1ccccc1. The summed E-state index contributed by atoms with van der Waals surface area (Å²) in [5.41, 5.74) is 1.18. The molecule has 0 aromatic heterocycles. The molecule has 0 aliphatic rings. The third-order valence-corrected chi connectivity index (χ3v) is 2.36. The Morgan fingerprint density at radius 1 is 1.00 bits per heavy atom. The van der Waals surface area contributed by atoms with Crippen molar-refractivity contribution in [2.75, 3.05) is 6.61 Å². The monoisotopic (exact) mass is 210 g/mol. The van der Waals surface area contributed by atoms with Gasteiger partial charge in [-0.05, 0) is 18.4 Å². The molecule has 0 saturated heterocycles. The molecular formula is C12H18O3. The molecule has 0 aliphatic heterocycles. The zero-order valence-corrected chi connectivity index (χ0v) is 8.71.